The Bertz CT molecular complexity index is 929. The van der Waals surface area contributed by atoms with Gasteiger partial charge in [0.25, 0.3) is 11.8 Å². The van der Waals surface area contributed by atoms with Gasteiger partial charge >= 0.3 is 0 Å². The molecular weight excluding hydrogens is 392 g/mol. The van der Waals surface area contributed by atoms with Crippen LogP contribution in [0.5, 0.6) is 0 Å². The molecule has 2 aliphatic heterocycles. The Morgan fingerprint density at radius 1 is 0.968 bits per heavy atom. The lowest BCUT2D eigenvalue weighted by Crippen LogP contribution is -2.46. The molecule has 2 heterocycles. The van der Waals surface area contributed by atoms with Crippen LogP contribution in [0.4, 0.5) is 5.69 Å². The van der Waals surface area contributed by atoms with Crippen molar-refractivity contribution in [2.24, 2.45) is 0 Å². The molecule has 2 aromatic carbocycles. The van der Waals surface area contributed by atoms with Gasteiger partial charge in [0, 0.05) is 66.9 Å². The number of morpholine rings is 1. The third kappa shape index (κ3) is 4.44. The monoisotopic (exact) mass is 424 g/mol. The number of hydrogen-bond donors (Lipinski definition) is 1. The van der Waals surface area contributed by atoms with E-state index in [0.717, 1.165) is 55.7 Å². The van der Waals surface area contributed by atoms with Gasteiger partial charge in [-0.15, -0.1) is 0 Å². The molecule has 7 nitrogen and oxygen atoms in total. The van der Waals surface area contributed by atoms with Gasteiger partial charge in [0.2, 0.25) is 0 Å². The number of carbonyl (C=O) groups is 2. The average molecular weight is 425 g/mol. The van der Waals surface area contributed by atoms with Gasteiger partial charge in [-0.1, -0.05) is 26.0 Å². The van der Waals surface area contributed by atoms with Crippen molar-refractivity contribution in [2.45, 2.75) is 13.8 Å². The van der Waals surface area contributed by atoms with Crippen LogP contribution in [0.2, 0.25) is 0 Å². The summed E-state index contributed by atoms with van der Waals surface area (Å²) in [5.74, 6) is -0.395. The van der Waals surface area contributed by atoms with E-state index in [-0.39, 0.29) is 11.8 Å². The maximum Gasteiger partial charge on any atom is 0.261 e. The number of likely N-dealkylation sites (N-methyl/N-ethyl adjacent to an activating group) is 1. The van der Waals surface area contributed by atoms with Crippen molar-refractivity contribution in [1.29, 1.82) is 0 Å². The van der Waals surface area contributed by atoms with Gasteiger partial charge in [0.15, 0.2) is 0 Å². The number of ether oxygens (including phenoxy) is 1. The number of rotatable bonds is 9. The van der Waals surface area contributed by atoms with Crippen LogP contribution in [0, 0.1) is 0 Å². The van der Waals surface area contributed by atoms with Gasteiger partial charge in [-0.3, -0.25) is 19.4 Å². The number of carbonyl (C=O) groups excluding carboxylic acids is 2. The molecule has 0 aromatic heterocycles. The zero-order valence-electron chi connectivity index (χ0n) is 18.5. The first-order chi connectivity index (χ1) is 15.1. The molecule has 0 spiro atoms. The molecule has 0 bridgehead atoms. The van der Waals surface area contributed by atoms with Crippen LogP contribution in [0.15, 0.2) is 30.3 Å². The number of imide groups is 1. The SMILES string of the molecule is CCN(CC)CCNc1ccc2c3c(cccc13)C(=O)N(CCN1CCOCC1)C2=O. The average Bonchev–Trinajstić information content (AvgIpc) is 2.81. The van der Waals surface area contributed by atoms with Gasteiger partial charge in [0.1, 0.15) is 0 Å². The van der Waals surface area contributed by atoms with Crippen LogP contribution in [0.1, 0.15) is 34.6 Å². The fourth-order valence-electron chi connectivity index (χ4n) is 4.46. The standard InChI is InChI=1S/C24H32N4O3/c1-3-26(4-2)11-10-25-21-9-8-20-22-18(21)6-5-7-19(22)23(29)28(24(20)30)13-12-27-14-16-31-17-15-27/h5-9,25H,3-4,10-17H2,1-2H3. The Balaban J connectivity index is 1.55. The maximum absolute atomic E-state index is 13.2. The third-order valence-electron chi connectivity index (χ3n) is 6.37. The smallest absolute Gasteiger partial charge is 0.261 e. The van der Waals surface area contributed by atoms with Gasteiger partial charge in [-0.05, 0) is 31.3 Å². The lowest BCUT2D eigenvalue weighted by Gasteiger charge is -2.31. The number of nitrogens with zero attached hydrogens (tertiary/aromatic N) is 3. The molecule has 0 aliphatic carbocycles. The second-order valence-electron chi connectivity index (χ2n) is 8.06. The topological polar surface area (TPSA) is 65.1 Å². The first-order valence-corrected chi connectivity index (χ1v) is 11.3. The molecule has 31 heavy (non-hydrogen) atoms. The molecule has 0 radical (unpaired) electrons. The minimum Gasteiger partial charge on any atom is -0.383 e. The molecule has 0 atom stereocenters. The van der Waals surface area contributed by atoms with Gasteiger partial charge in [-0.25, -0.2) is 0 Å². The summed E-state index contributed by atoms with van der Waals surface area (Å²) in [6, 6.07) is 9.57. The van der Waals surface area contributed by atoms with E-state index in [1.807, 2.05) is 30.3 Å². The van der Waals surface area contributed by atoms with Crippen LogP contribution in [0.3, 0.4) is 0 Å². The molecular formula is C24H32N4O3. The fraction of sp³-hybridized carbons (Fsp3) is 0.500. The van der Waals surface area contributed by atoms with Crippen molar-refractivity contribution in [3.05, 3.63) is 41.5 Å². The predicted octanol–water partition coefficient (Wildman–Crippen LogP) is 2.52. The van der Waals surface area contributed by atoms with Gasteiger partial charge in [0.05, 0.1) is 13.2 Å². The molecule has 1 saturated heterocycles. The molecule has 0 unspecified atom stereocenters. The fourth-order valence-corrected chi connectivity index (χ4v) is 4.46. The molecule has 7 heteroatoms. The second kappa shape index (κ2) is 9.77. The predicted molar refractivity (Wildman–Crippen MR) is 123 cm³/mol. The molecule has 2 aromatic rings. The van der Waals surface area contributed by atoms with E-state index in [0.29, 0.717) is 37.4 Å². The zero-order chi connectivity index (χ0) is 21.8. The number of benzene rings is 2. The van der Waals surface area contributed by atoms with E-state index in [2.05, 4.69) is 29.0 Å². The number of nitrogens with one attached hydrogen (secondary N) is 1. The normalized spacial score (nSPS) is 17.1. The summed E-state index contributed by atoms with van der Waals surface area (Å²) in [5, 5.41) is 5.21. The molecule has 2 amide bonds. The highest BCUT2D eigenvalue weighted by Crippen LogP contribution is 2.34. The zero-order valence-corrected chi connectivity index (χ0v) is 18.5. The van der Waals surface area contributed by atoms with Crippen LogP contribution in [-0.4, -0.2) is 92.1 Å². The molecule has 0 saturated carbocycles. The van der Waals surface area contributed by atoms with Crippen LogP contribution in [-0.2, 0) is 4.74 Å². The Kier molecular flexibility index (Phi) is 6.85. The largest absolute Gasteiger partial charge is 0.383 e. The summed E-state index contributed by atoms with van der Waals surface area (Å²) in [5.41, 5.74) is 2.19. The van der Waals surface area contributed by atoms with Crippen molar-refractivity contribution in [3.63, 3.8) is 0 Å². The van der Waals surface area contributed by atoms with E-state index in [1.54, 1.807) is 0 Å². The molecule has 166 valence electrons. The minimum absolute atomic E-state index is 0.198. The van der Waals surface area contributed by atoms with E-state index in [4.69, 9.17) is 4.74 Å². The van der Waals surface area contributed by atoms with Gasteiger partial charge < -0.3 is 15.0 Å². The number of anilines is 1. The van der Waals surface area contributed by atoms with Crippen molar-refractivity contribution in [3.8, 4) is 0 Å². The molecule has 1 N–H and O–H groups in total. The first-order valence-electron chi connectivity index (χ1n) is 11.3. The Labute approximate surface area is 183 Å². The lowest BCUT2D eigenvalue weighted by molar-refractivity contribution is 0.0316. The van der Waals surface area contributed by atoms with Crippen molar-refractivity contribution in [1.82, 2.24) is 14.7 Å². The molecule has 1 fully saturated rings. The minimum atomic E-state index is -0.198. The second-order valence-corrected chi connectivity index (χ2v) is 8.06. The Morgan fingerprint density at radius 3 is 2.39 bits per heavy atom. The van der Waals surface area contributed by atoms with Crippen LogP contribution in [0.25, 0.3) is 10.8 Å². The van der Waals surface area contributed by atoms with Crippen molar-refractivity contribution >= 4 is 28.3 Å². The summed E-state index contributed by atoms with van der Waals surface area (Å²) in [6.07, 6.45) is 0. The maximum atomic E-state index is 13.2. The van der Waals surface area contributed by atoms with E-state index < -0.39 is 0 Å². The molecule has 4 rings (SSSR count). The van der Waals surface area contributed by atoms with Gasteiger partial charge in [-0.2, -0.15) is 0 Å². The van der Waals surface area contributed by atoms with E-state index in [1.165, 1.54) is 4.90 Å². The van der Waals surface area contributed by atoms with Crippen molar-refractivity contribution < 1.29 is 14.3 Å². The summed E-state index contributed by atoms with van der Waals surface area (Å²) in [4.78, 5) is 32.4. The Morgan fingerprint density at radius 2 is 1.68 bits per heavy atom. The highest BCUT2D eigenvalue weighted by molar-refractivity contribution is 6.26. The first kappa shape index (κ1) is 21.7. The summed E-state index contributed by atoms with van der Waals surface area (Å²) < 4.78 is 5.39. The number of hydrogen-bond acceptors (Lipinski definition) is 6. The lowest BCUT2D eigenvalue weighted by atomic mass is 9.93. The summed E-state index contributed by atoms with van der Waals surface area (Å²) in [7, 11) is 0. The van der Waals surface area contributed by atoms with Crippen LogP contribution >= 0.6 is 0 Å². The highest BCUT2D eigenvalue weighted by Gasteiger charge is 2.33. The highest BCUT2D eigenvalue weighted by atomic mass is 16.5. The summed E-state index contributed by atoms with van der Waals surface area (Å²) in [6.45, 7) is 12.3. The number of amides is 2. The summed E-state index contributed by atoms with van der Waals surface area (Å²) >= 11 is 0. The molecule has 2 aliphatic rings. The van der Waals surface area contributed by atoms with E-state index >= 15 is 0 Å². The third-order valence-corrected chi connectivity index (χ3v) is 6.37. The quantitative estimate of drug-likeness (QED) is 0.624. The Hall–Kier alpha value is -2.48. The van der Waals surface area contributed by atoms with Crippen LogP contribution < -0.4 is 5.32 Å². The van der Waals surface area contributed by atoms with E-state index in [9.17, 15) is 9.59 Å². The van der Waals surface area contributed by atoms with Crippen molar-refractivity contribution in [2.75, 3.05) is 70.9 Å².